The summed E-state index contributed by atoms with van der Waals surface area (Å²) in [6.07, 6.45) is 1.50. The minimum absolute atomic E-state index is 0.315. The zero-order valence-corrected chi connectivity index (χ0v) is 20.5. The normalized spacial score (nSPS) is 11.2. The molecule has 186 valence electrons. The van der Waals surface area contributed by atoms with E-state index in [4.69, 9.17) is 14.0 Å². The fourth-order valence-electron chi connectivity index (χ4n) is 4.10. The third-order valence-electron chi connectivity index (χ3n) is 5.61. The van der Waals surface area contributed by atoms with E-state index >= 15 is 0 Å². The Hall–Kier alpha value is -4.12. The molecule has 1 aromatic carbocycles. The summed E-state index contributed by atoms with van der Waals surface area (Å²) in [5, 5.41) is 6.65. The average molecular weight is 510 g/mol. The van der Waals surface area contributed by atoms with Crippen molar-refractivity contribution in [3.63, 3.8) is 0 Å². The van der Waals surface area contributed by atoms with Crippen molar-refractivity contribution in [1.82, 2.24) is 19.7 Å². The maximum atomic E-state index is 12.9. The average Bonchev–Trinajstić information content (AvgIpc) is 3.57. The molecule has 0 bridgehead atoms. The lowest BCUT2D eigenvalue weighted by molar-refractivity contribution is 0.193. The summed E-state index contributed by atoms with van der Waals surface area (Å²) in [6.45, 7) is 4.71. The molecule has 0 fully saturated rings. The number of anilines is 1. The van der Waals surface area contributed by atoms with Crippen LogP contribution in [0.4, 0.5) is 10.2 Å². The Morgan fingerprint density at radius 2 is 2.06 bits per heavy atom. The molecule has 0 atom stereocenters. The van der Waals surface area contributed by atoms with Gasteiger partial charge in [0.15, 0.2) is 5.76 Å². The first-order valence-corrected chi connectivity index (χ1v) is 12.2. The summed E-state index contributed by atoms with van der Waals surface area (Å²) in [7, 11) is 0. The second kappa shape index (κ2) is 10.2. The Balaban J connectivity index is 1.35. The van der Waals surface area contributed by atoms with E-state index in [1.54, 1.807) is 6.07 Å². The van der Waals surface area contributed by atoms with Crippen LogP contribution in [0.1, 0.15) is 12.6 Å². The summed E-state index contributed by atoms with van der Waals surface area (Å²) in [6, 6.07) is 12.8. The number of aromatic nitrogens is 4. The van der Waals surface area contributed by atoms with Crippen LogP contribution in [0.2, 0.25) is 0 Å². The number of nitrogens with one attached hydrogen (secondary N) is 2. The van der Waals surface area contributed by atoms with Crippen LogP contribution in [0.3, 0.4) is 0 Å². The summed E-state index contributed by atoms with van der Waals surface area (Å²) in [5.74, 6) is 2.21. The Morgan fingerprint density at radius 3 is 2.83 bits per heavy atom. The van der Waals surface area contributed by atoms with E-state index in [1.165, 1.54) is 23.7 Å². The second-order valence-corrected chi connectivity index (χ2v) is 8.97. The van der Waals surface area contributed by atoms with Crippen molar-refractivity contribution in [2.75, 3.05) is 25.3 Å². The van der Waals surface area contributed by atoms with Crippen LogP contribution in [0.5, 0.6) is 11.5 Å². The van der Waals surface area contributed by atoms with E-state index < -0.39 is 6.86 Å². The molecule has 0 radical (unpaired) electrons. The van der Waals surface area contributed by atoms with Crippen LogP contribution in [0.15, 0.2) is 58.1 Å². The molecule has 36 heavy (non-hydrogen) atoms. The number of rotatable bonds is 10. The Bertz CT molecular complexity index is 1550. The predicted molar refractivity (Wildman–Crippen MR) is 137 cm³/mol. The fraction of sp³-hybridized carbons (Fsp3) is 0.240. The van der Waals surface area contributed by atoms with Gasteiger partial charge in [0.1, 0.15) is 28.5 Å². The number of benzene rings is 1. The van der Waals surface area contributed by atoms with Gasteiger partial charge in [-0.2, -0.15) is 5.16 Å². The molecular weight excluding hydrogens is 485 g/mol. The molecule has 4 heterocycles. The van der Waals surface area contributed by atoms with E-state index in [9.17, 15) is 9.18 Å². The molecule has 11 heteroatoms. The molecule has 0 aliphatic carbocycles. The third-order valence-corrected chi connectivity index (χ3v) is 6.76. The Morgan fingerprint density at radius 1 is 1.17 bits per heavy atom. The van der Waals surface area contributed by atoms with Crippen molar-refractivity contribution < 1.29 is 18.4 Å². The third kappa shape index (κ3) is 4.69. The zero-order valence-electron chi connectivity index (χ0n) is 19.7. The van der Waals surface area contributed by atoms with Gasteiger partial charge in [-0.1, -0.05) is 12.1 Å². The molecule has 0 saturated carbocycles. The highest BCUT2D eigenvalue weighted by atomic mass is 32.1. The number of ether oxygens (including phenoxy) is 2. The van der Waals surface area contributed by atoms with Gasteiger partial charge in [0, 0.05) is 36.3 Å². The first kappa shape index (κ1) is 23.6. The van der Waals surface area contributed by atoms with Gasteiger partial charge in [0.25, 0.3) is 5.56 Å². The number of thiophene rings is 1. The van der Waals surface area contributed by atoms with Gasteiger partial charge >= 0.3 is 0 Å². The summed E-state index contributed by atoms with van der Waals surface area (Å²) in [5.41, 5.74) is 2.31. The number of hydrogen-bond acceptors (Lipinski definition) is 8. The second-order valence-electron chi connectivity index (χ2n) is 7.91. The van der Waals surface area contributed by atoms with Gasteiger partial charge < -0.3 is 23.9 Å². The van der Waals surface area contributed by atoms with Crippen LogP contribution in [-0.2, 0) is 6.54 Å². The van der Waals surface area contributed by atoms with Crippen LogP contribution >= 0.6 is 11.3 Å². The number of aromatic amines is 1. The number of H-pyrrole nitrogens is 1. The Kier molecular flexibility index (Phi) is 6.72. The number of hydrogen-bond donors (Lipinski definition) is 2. The van der Waals surface area contributed by atoms with Gasteiger partial charge in [-0.05, 0) is 26.0 Å². The van der Waals surface area contributed by atoms with E-state index in [-0.39, 0.29) is 5.56 Å². The lowest BCUT2D eigenvalue weighted by Crippen LogP contribution is -2.12. The lowest BCUT2D eigenvalue weighted by Gasteiger charge is -2.12. The minimum atomic E-state index is -0.878. The van der Waals surface area contributed by atoms with Gasteiger partial charge in [-0.3, -0.25) is 4.79 Å². The topological polar surface area (TPSA) is 107 Å². The van der Waals surface area contributed by atoms with Crippen LogP contribution in [0.25, 0.3) is 32.1 Å². The van der Waals surface area contributed by atoms with Gasteiger partial charge in [0.2, 0.25) is 6.86 Å². The smallest absolute Gasteiger partial charge is 0.280 e. The SMILES string of the molecule is CCOc1cc(-c2cc(NCCn3c(C)cc4cccc(OCF)c43)ncn2)sc1-c1cc(=O)[nH]o1. The van der Waals surface area contributed by atoms with Crippen LogP contribution in [-0.4, -0.2) is 39.7 Å². The van der Waals surface area contributed by atoms with E-state index in [0.29, 0.717) is 53.3 Å². The number of halogens is 1. The highest BCUT2D eigenvalue weighted by Crippen LogP contribution is 2.42. The monoisotopic (exact) mass is 509 g/mol. The zero-order chi connectivity index (χ0) is 25.1. The molecule has 2 N–H and O–H groups in total. The molecule has 4 aromatic heterocycles. The van der Waals surface area contributed by atoms with Gasteiger partial charge in [-0.15, -0.1) is 11.3 Å². The fourth-order valence-corrected chi connectivity index (χ4v) is 5.12. The van der Waals surface area contributed by atoms with Crippen molar-refractivity contribution >= 4 is 28.1 Å². The first-order valence-electron chi connectivity index (χ1n) is 11.4. The molecule has 0 aliphatic rings. The predicted octanol–water partition coefficient (Wildman–Crippen LogP) is 5.23. The Labute approximate surface area is 209 Å². The molecule has 0 spiro atoms. The molecule has 0 amide bonds. The lowest BCUT2D eigenvalue weighted by atomic mass is 10.2. The largest absolute Gasteiger partial charge is 0.492 e. The maximum Gasteiger partial charge on any atom is 0.280 e. The van der Waals surface area contributed by atoms with Crippen molar-refractivity contribution in [3.8, 4) is 32.7 Å². The number of alkyl halides is 1. The molecular formula is C25H24FN5O4S. The highest BCUT2D eigenvalue weighted by molar-refractivity contribution is 7.19. The minimum Gasteiger partial charge on any atom is -0.492 e. The molecule has 5 aromatic rings. The molecule has 9 nitrogen and oxygen atoms in total. The van der Waals surface area contributed by atoms with Crippen LogP contribution in [0, 0.1) is 6.92 Å². The van der Waals surface area contributed by atoms with Gasteiger partial charge in [0.05, 0.1) is 28.8 Å². The van der Waals surface area contributed by atoms with Crippen molar-refractivity contribution in [2.45, 2.75) is 20.4 Å². The van der Waals surface area contributed by atoms with Crippen molar-refractivity contribution in [3.05, 3.63) is 64.8 Å². The summed E-state index contributed by atoms with van der Waals surface area (Å²) < 4.78 is 31.2. The van der Waals surface area contributed by atoms with E-state index in [1.807, 2.05) is 38.1 Å². The quantitative estimate of drug-likeness (QED) is 0.265. The van der Waals surface area contributed by atoms with Crippen LogP contribution < -0.4 is 20.3 Å². The molecule has 0 unspecified atom stereocenters. The summed E-state index contributed by atoms with van der Waals surface area (Å²) >= 11 is 1.41. The van der Waals surface area contributed by atoms with Crippen molar-refractivity contribution in [1.29, 1.82) is 0 Å². The number of para-hydroxylation sites is 1. The molecule has 5 rings (SSSR count). The highest BCUT2D eigenvalue weighted by Gasteiger charge is 2.18. The molecule has 0 aliphatic heterocycles. The number of nitrogens with zero attached hydrogens (tertiary/aromatic N) is 3. The number of fused-ring (bicyclic) bond motifs is 1. The van der Waals surface area contributed by atoms with E-state index in [2.05, 4.69) is 31.1 Å². The number of aryl methyl sites for hydroxylation is 1. The van der Waals surface area contributed by atoms with E-state index in [0.717, 1.165) is 21.5 Å². The standard InChI is InChI=1S/C25H24FN5O4S/c1-3-33-19-11-21(36-25(19)20-12-23(32)30-35-20)17-10-22(29-14-28-17)27-7-8-31-15(2)9-16-5-4-6-18(24(16)31)34-13-26/h4-6,9-12,14H,3,7-8,13H2,1-2H3,(H,30,32)(H,27,28,29). The van der Waals surface area contributed by atoms with Gasteiger partial charge in [-0.25, -0.2) is 14.4 Å². The molecule has 0 saturated heterocycles. The first-order chi connectivity index (χ1) is 17.6. The maximum absolute atomic E-state index is 12.9. The van der Waals surface area contributed by atoms with Crippen molar-refractivity contribution in [2.24, 2.45) is 0 Å². The summed E-state index contributed by atoms with van der Waals surface area (Å²) in [4.78, 5) is 21.9.